The van der Waals surface area contributed by atoms with Crippen molar-refractivity contribution in [2.24, 2.45) is 0 Å². The second-order valence-corrected chi connectivity index (χ2v) is 13.3. The summed E-state index contributed by atoms with van der Waals surface area (Å²) in [5.41, 5.74) is 14.5. The van der Waals surface area contributed by atoms with Gasteiger partial charge >= 0.3 is 0 Å². The summed E-state index contributed by atoms with van der Waals surface area (Å²) in [5, 5.41) is 0. The van der Waals surface area contributed by atoms with Crippen LogP contribution >= 0.6 is 0 Å². The number of anilines is 3. The van der Waals surface area contributed by atoms with Crippen molar-refractivity contribution < 1.29 is 4.74 Å². The van der Waals surface area contributed by atoms with Gasteiger partial charge in [0.2, 0.25) is 0 Å². The molecule has 2 unspecified atom stereocenters. The summed E-state index contributed by atoms with van der Waals surface area (Å²) < 4.78 is 6.49. The van der Waals surface area contributed by atoms with Gasteiger partial charge in [-0.2, -0.15) is 0 Å². The normalized spacial score (nSPS) is 17.0. The van der Waals surface area contributed by atoms with Gasteiger partial charge in [-0.15, -0.1) is 0 Å². The molecule has 2 aliphatic rings. The first-order chi connectivity index (χ1) is 23.5. The van der Waals surface area contributed by atoms with E-state index < -0.39 is 0 Å². The summed E-state index contributed by atoms with van der Waals surface area (Å²) >= 11 is 0. The van der Waals surface area contributed by atoms with Crippen LogP contribution in [0.3, 0.4) is 0 Å². The Hall–Kier alpha value is -5.60. The zero-order valence-electron chi connectivity index (χ0n) is 27.7. The highest BCUT2D eigenvalue weighted by Crippen LogP contribution is 2.54. The molecule has 0 fully saturated rings. The maximum atomic E-state index is 6.49. The first-order valence-corrected chi connectivity index (χ1v) is 16.8. The number of ether oxygens (including phenoxy) is 1. The summed E-state index contributed by atoms with van der Waals surface area (Å²) in [6.45, 7) is 10.8. The van der Waals surface area contributed by atoms with Crippen LogP contribution in [0.2, 0.25) is 0 Å². The number of fused-ring (bicyclic) bond motifs is 4. The molecule has 2 nitrogen and oxygen atoms in total. The van der Waals surface area contributed by atoms with E-state index >= 15 is 0 Å². The molecule has 0 amide bonds. The van der Waals surface area contributed by atoms with Crippen molar-refractivity contribution in [1.82, 2.24) is 0 Å². The van der Waals surface area contributed by atoms with Crippen LogP contribution in [0.4, 0.5) is 17.1 Å². The Morgan fingerprint density at radius 1 is 0.625 bits per heavy atom. The summed E-state index contributed by atoms with van der Waals surface area (Å²) in [7, 11) is 0. The maximum absolute atomic E-state index is 6.49. The predicted molar refractivity (Wildman–Crippen MR) is 202 cm³/mol. The molecule has 234 valence electrons. The topological polar surface area (TPSA) is 12.5 Å². The minimum absolute atomic E-state index is 0.0710. The quantitative estimate of drug-likeness (QED) is 0.164. The molecule has 0 saturated carbocycles. The molecule has 1 aliphatic carbocycles. The van der Waals surface area contributed by atoms with Crippen LogP contribution in [0.15, 0.2) is 164 Å². The lowest BCUT2D eigenvalue weighted by Gasteiger charge is -2.29. The summed E-state index contributed by atoms with van der Waals surface area (Å²) in [6.07, 6.45) is 6.15. The van der Waals surface area contributed by atoms with Crippen molar-refractivity contribution in [1.29, 1.82) is 0 Å². The van der Waals surface area contributed by atoms with Gasteiger partial charge in [-0.3, -0.25) is 0 Å². The Morgan fingerprint density at radius 2 is 1.23 bits per heavy atom. The Bertz CT molecular complexity index is 2160. The largest absolute Gasteiger partial charge is 0.484 e. The second kappa shape index (κ2) is 11.9. The van der Waals surface area contributed by atoms with E-state index in [-0.39, 0.29) is 17.4 Å². The molecule has 0 N–H and O–H groups in total. The molecule has 1 aliphatic heterocycles. The Morgan fingerprint density at radius 3 is 1.94 bits per heavy atom. The van der Waals surface area contributed by atoms with Crippen LogP contribution in [0.25, 0.3) is 33.4 Å². The number of benzene rings is 6. The molecular formula is C46H39NO. The molecular weight excluding hydrogens is 583 g/mol. The third kappa shape index (κ3) is 4.79. The average molecular weight is 622 g/mol. The van der Waals surface area contributed by atoms with Gasteiger partial charge in [0.05, 0.1) is 5.69 Å². The van der Waals surface area contributed by atoms with Crippen LogP contribution in [-0.4, -0.2) is 6.10 Å². The molecule has 0 aromatic heterocycles. The Kier molecular flexibility index (Phi) is 7.37. The lowest BCUT2D eigenvalue weighted by Crippen LogP contribution is -2.16. The van der Waals surface area contributed by atoms with Gasteiger partial charge in [-0.05, 0) is 70.6 Å². The molecule has 48 heavy (non-hydrogen) atoms. The zero-order chi connectivity index (χ0) is 32.8. The van der Waals surface area contributed by atoms with Gasteiger partial charge in [0, 0.05) is 39.4 Å². The van der Waals surface area contributed by atoms with Gasteiger partial charge < -0.3 is 9.64 Å². The highest BCUT2D eigenvalue weighted by molar-refractivity contribution is 5.95. The average Bonchev–Trinajstić information content (AvgIpc) is 3.61. The van der Waals surface area contributed by atoms with Crippen molar-refractivity contribution in [3.8, 4) is 39.1 Å². The SMILES string of the molecule is C=CC1Oc2c(-c3ccc(N(c4ccc(-c5ccccc5)cc4)c4cccc5c4-c4ccccc4C5(C)C)cc3)cccc2C1/C=C\C. The van der Waals surface area contributed by atoms with E-state index in [1.165, 1.54) is 44.6 Å². The minimum atomic E-state index is -0.0869. The van der Waals surface area contributed by atoms with Crippen molar-refractivity contribution in [3.05, 3.63) is 181 Å². The number of nitrogens with zero attached hydrogens (tertiary/aromatic N) is 1. The summed E-state index contributed by atoms with van der Waals surface area (Å²) in [4.78, 5) is 2.41. The first-order valence-electron chi connectivity index (χ1n) is 16.8. The predicted octanol–water partition coefficient (Wildman–Crippen LogP) is 12.4. The van der Waals surface area contributed by atoms with Gasteiger partial charge in [0.25, 0.3) is 0 Å². The third-order valence-corrected chi connectivity index (χ3v) is 10.1. The van der Waals surface area contributed by atoms with Crippen LogP contribution in [0, 0.1) is 0 Å². The van der Waals surface area contributed by atoms with E-state index in [2.05, 4.69) is 184 Å². The molecule has 0 saturated heterocycles. The van der Waals surface area contributed by atoms with Crippen LogP contribution in [-0.2, 0) is 5.41 Å². The van der Waals surface area contributed by atoms with Gasteiger partial charge in [0.15, 0.2) is 0 Å². The van der Waals surface area contributed by atoms with Crippen molar-refractivity contribution in [3.63, 3.8) is 0 Å². The smallest absolute Gasteiger partial charge is 0.132 e. The van der Waals surface area contributed by atoms with Gasteiger partial charge in [-0.25, -0.2) is 0 Å². The Balaban J connectivity index is 1.26. The van der Waals surface area contributed by atoms with Crippen LogP contribution in [0.5, 0.6) is 5.75 Å². The fourth-order valence-corrected chi connectivity index (χ4v) is 7.75. The van der Waals surface area contributed by atoms with E-state index in [0.717, 1.165) is 28.3 Å². The van der Waals surface area contributed by atoms with E-state index in [9.17, 15) is 0 Å². The number of para-hydroxylation sites is 1. The first kappa shape index (κ1) is 29.8. The molecule has 0 bridgehead atoms. The van der Waals surface area contributed by atoms with E-state index in [4.69, 9.17) is 4.74 Å². The molecule has 0 radical (unpaired) electrons. The Labute approximate surface area is 284 Å². The van der Waals surface area contributed by atoms with Gasteiger partial charge in [0.1, 0.15) is 11.9 Å². The van der Waals surface area contributed by atoms with Crippen LogP contribution in [0.1, 0.15) is 43.4 Å². The fraction of sp³-hybridized carbons (Fsp3) is 0.130. The lowest BCUT2D eigenvalue weighted by atomic mass is 9.82. The minimum Gasteiger partial charge on any atom is -0.484 e. The van der Waals surface area contributed by atoms with Gasteiger partial charge in [-0.1, -0.05) is 148 Å². The molecule has 2 heteroatoms. The molecule has 8 rings (SSSR count). The lowest BCUT2D eigenvalue weighted by molar-refractivity contribution is 0.271. The standard InChI is InChI=1S/C46H39NO/c1-5-14-37-38-19-12-18-36(45(38)48-43(37)6-2)33-25-29-35(30-26-33)47(34-27-23-32(24-28-34)31-15-8-7-9-16-31)42-22-13-21-41-44(42)39-17-10-11-20-40(39)46(41,3)4/h5-30,37,43H,2H2,1,3-4H3/b14-5-. The maximum Gasteiger partial charge on any atom is 0.132 e. The molecule has 2 atom stereocenters. The molecule has 6 aromatic carbocycles. The number of hydrogen-bond acceptors (Lipinski definition) is 2. The number of allylic oxidation sites excluding steroid dienone is 1. The zero-order valence-corrected chi connectivity index (χ0v) is 27.7. The second-order valence-electron chi connectivity index (χ2n) is 13.3. The van der Waals surface area contributed by atoms with Crippen LogP contribution < -0.4 is 9.64 Å². The highest BCUT2D eigenvalue weighted by atomic mass is 16.5. The monoisotopic (exact) mass is 621 g/mol. The van der Waals surface area contributed by atoms with E-state index in [1.54, 1.807) is 0 Å². The molecule has 1 heterocycles. The van der Waals surface area contributed by atoms with Crippen molar-refractivity contribution >= 4 is 17.1 Å². The highest BCUT2D eigenvalue weighted by Gasteiger charge is 2.38. The summed E-state index contributed by atoms with van der Waals surface area (Å²) in [6, 6.07) is 50.6. The molecule has 0 spiro atoms. The van der Waals surface area contributed by atoms with E-state index in [0.29, 0.717) is 0 Å². The third-order valence-electron chi connectivity index (χ3n) is 10.1. The number of hydrogen-bond donors (Lipinski definition) is 0. The molecule has 6 aromatic rings. The van der Waals surface area contributed by atoms with E-state index in [1.807, 2.05) is 6.08 Å². The van der Waals surface area contributed by atoms with Crippen molar-refractivity contribution in [2.45, 2.75) is 38.2 Å². The number of rotatable bonds is 7. The van der Waals surface area contributed by atoms with Crippen molar-refractivity contribution in [2.75, 3.05) is 4.90 Å². The summed E-state index contributed by atoms with van der Waals surface area (Å²) in [5.74, 6) is 1.12. The fourth-order valence-electron chi connectivity index (χ4n) is 7.75.